The Kier molecular flexibility index (Phi) is 2.92. The summed E-state index contributed by atoms with van der Waals surface area (Å²) >= 11 is 0. The third kappa shape index (κ3) is 2.47. The second kappa shape index (κ2) is 4.72. The van der Waals surface area contributed by atoms with Crippen molar-refractivity contribution in [3.05, 3.63) is 54.4 Å². The summed E-state index contributed by atoms with van der Waals surface area (Å²) < 4.78 is 13.0. The van der Waals surface area contributed by atoms with E-state index >= 15 is 0 Å². The van der Waals surface area contributed by atoms with Gasteiger partial charge in [-0.1, -0.05) is 12.1 Å². The van der Waals surface area contributed by atoms with Gasteiger partial charge < -0.3 is 5.32 Å². The van der Waals surface area contributed by atoms with E-state index in [9.17, 15) is 4.39 Å². The summed E-state index contributed by atoms with van der Waals surface area (Å²) in [5.74, 6) is 0.423. The fourth-order valence-corrected chi connectivity index (χ4v) is 2.13. The summed E-state index contributed by atoms with van der Waals surface area (Å²) in [5.41, 5.74) is 2.02. The first-order valence-electron chi connectivity index (χ1n) is 6.10. The zero-order valence-corrected chi connectivity index (χ0v) is 9.88. The molecule has 0 bridgehead atoms. The van der Waals surface area contributed by atoms with Gasteiger partial charge in [0.05, 0.1) is 24.1 Å². The molecule has 1 saturated carbocycles. The molecule has 92 valence electrons. The first kappa shape index (κ1) is 11.1. The normalized spacial score (nSPS) is 16.3. The number of anilines is 1. The van der Waals surface area contributed by atoms with Crippen LogP contribution in [0, 0.1) is 11.7 Å². The van der Waals surface area contributed by atoms with Crippen LogP contribution < -0.4 is 5.32 Å². The van der Waals surface area contributed by atoms with E-state index in [-0.39, 0.29) is 11.9 Å². The zero-order valence-electron chi connectivity index (χ0n) is 9.88. The fourth-order valence-electron chi connectivity index (χ4n) is 2.13. The Balaban J connectivity index is 1.82. The van der Waals surface area contributed by atoms with Crippen LogP contribution in [0.2, 0.25) is 0 Å². The second-order valence-electron chi connectivity index (χ2n) is 4.64. The van der Waals surface area contributed by atoms with Crippen LogP contribution in [0.5, 0.6) is 0 Å². The molecule has 1 aliphatic carbocycles. The maximum atomic E-state index is 13.0. The minimum atomic E-state index is -0.198. The van der Waals surface area contributed by atoms with Gasteiger partial charge in [-0.15, -0.1) is 0 Å². The molecule has 0 radical (unpaired) electrons. The van der Waals surface area contributed by atoms with Crippen LogP contribution in [0.3, 0.4) is 0 Å². The zero-order chi connectivity index (χ0) is 12.4. The SMILES string of the molecule is Fc1ccc(C(Nc2cncnc2)C2CC2)cc1. The van der Waals surface area contributed by atoms with E-state index in [1.165, 1.54) is 31.3 Å². The van der Waals surface area contributed by atoms with E-state index in [2.05, 4.69) is 15.3 Å². The van der Waals surface area contributed by atoms with Crippen molar-refractivity contribution in [1.29, 1.82) is 0 Å². The van der Waals surface area contributed by atoms with Crippen molar-refractivity contribution in [3.63, 3.8) is 0 Å². The molecule has 1 heterocycles. The summed E-state index contributed by atoms with van der Waals surface area (Å²) in [6.07, 6.45) is 7.44. The fraction of sp³-hybridized carbons (Fsp3) is 0.286. The number of hydrogen-bond acceptors (Lipinski definition) is 3. The quantitative estimate of drug-likeness (QED) is 0.896. The first-order chi connectivity index (χ1) is 8.83. The number of rotatable bonds is 4. The van der Waals surface area contributed by atoms with E-state index in [0.717, 1.165) is 11.3 Å². The molecule has 1 atom stereocenters. The number of halogens is 1. The van der Waals surface area contributed by atoms with E-state index < -0.39 is 0 Å². The van der Waals surface area contributed by atoms with Gasteiger partial charge in [0.2, 0.25) is 0 Å². The van der Waals surface area contributed by atoms with E-state index in [1.54, 1.807) is 12.4 Å². The maximum Gasteiger partial charge on any atom is 0.123 e. The van der Waals surface area contributed by atoms with Gasteiger partial charge in [0.15, 0.2) is 0 Å². The Morgan fingerprint density at radius 1 is 1.11 bits per heavy atom. The Hall–Kier alpha value is -1.97. The maximum absolute atomic E-state index is 13.0. The summed E-state index contributed by atoms with van der Waals surface area (Å²) in [5, 5.41) is 3.43. The van der Waals surface area contributed by atoms with Crippen molar-refractivity contribution >= 4 is 5.69 Å². The summed E-state index contributed by atoms with van der Waals surface area (Å²) in [6, 6.07) is 6.92. The van der Waals surface area contributed by atoms with Gasteiger partial charge in [0, 0.05) is 0 Å². The van der Waals surface area contributed by atoms with E-state index in [1.807, 2.05) is 12.1 Å². The molecule has 4 heteroatoms. The largest absolute Gasteiger partial charge is 0.375 e. The molecule has 2 aromatic rings. The summed E-state index contributed by atoms with van der Waals surface area (Å²) in [6.45, 7) is 0. The van der Waals surface area contributed by atoms with Gasteiger partial charge in [-0.25, -0.2) is 14.4 Å². The van der Waals surface area contributed by atoms with E-state index in [0.29, 0.717) is 5.92 Å². The molecule has 0 amide bonds. The van der Waals surface area contributed by atoms with Gasteiger partial charge in [-0.2, -0.15) is 0 Å². The van der Waals surface area contributed by atoms with Crippen molar-refractivity contribution in [2.24, 2.45) is 5.92 Å². The monoisotopic (exact) mass is 243 g/mol. The van der Waals surface area contributed by atoms with Gasteiger partial charge in [-0.05, 0) is 36.5 Å². The summed E-state index contributed by atoms with van der Waals surface area (Å²) in [4.78, 5) is 7.98. The van der Waals surface area contributed by atoms with Gasteiger partial charge in [0.25, 0.3) is 0 Å². The summed E-state index contributed by atoms with van der Waals surface area (Å²) in [7, 11) is 0. The molecule has 1 fully saturated rings. The molecule has 1 unspecified atom stereocenters. The standard InChI is InChI=1S/C14H14FN3/c15-12-5-3-11(4-6-12)14(10-1-2-10)18-13-7-16-9-17-8-13/h3-10,14,18H,1-2H2. The minimum absolute atomic E-state index is 0.198. The molecule has 18 heavy (non-hydrogen) atoms. The molecule has 1 aliphatic rings. The number of benzene rings is 1. The van der Waals surface area contributed by atoms with Crippen molar-refractivity contribution < 1.29 is 4.39 Å². The highest BCUT2D eigenvalue weighted by atomic mass is 19.1. The van der Waals surface area contributed by atoms with Crippen molar-refractivity contribution in [2.45, 2.75) is 18.9 Å². The molecule has 1 aromatic heterocycles. The smallest absolute Gasteiger partial charge is 0.123 e. The number of hydrogen-bond donors (Lipinski definition) is 1. The van der Waals surface area contributed by atoms with Crippen molar-refractivity contribution in [1.82, 2.24) is 9.97 Å². The second-order valence-corrected chi connectivity index (χ2v) is 4.64. The molecular weight excluding hydrogens is 229 g/mol. The number of aromatic nitrogens is 2. The number of nitrogens with one attached hydrogen (secondary N) is 1. The molecule has 0 saturated heterocycles. The Labute approximate surface area is 105 Å². The van der Waals surface area contributed by atoms with Crippen LogP contribution in [0.25, 0.3) is 0 Å². The van der Waals surface area contributed by atoms with Gasteiger partial charge in [-0.3, -0.25) is 0 Å². The molecule has 1 aromatic carbocycles. The molecular formula is C14H14FN3. The molecule has 3 rings (SSSR count). The lowest BCUT2D eigenvalue weighted by Gasteiger charge is -2.19. The molecule has 3 nitrogen and oxygen atoms in total. The first-order valence-corrected chi connectivity index (χ1v) is 6.10. The van der Waals surface area contributed by atoms with Crippen LogP contribution >= 0.6 is 0 Å². The van der Waals surface area contributed by atoms with Crippen LogP contribution in [-0.2, 0) is 0 Å². The lowest BCUT2D eigenvalue weighted by molar-refractivity contribution is 0.622. The molecule has 0 aliphatic heterocycles. The predicted octanol–water partition coefficient (Wildman–Crippen LogP) is 3.18. The average molecular weight is 243 g/mol. The van der Waals surface area contributed by atoms with Gasteiger partial charge in [0.1, 0.15) is 12.1 Å². The minimum Gasteiger partial charge on any atom is -0.375 e. The van der Waals surface area contributed by atoms with Gasteiger partial charge >= 0.3 is 0 Å². The predicted molar refractivity (Wildman–Crippen MR) is 67.5 cm³/mol. The molecule has 0 spiro atoms. The molecule has 1 N–H and O–H groups in total. The number of nitrogens with zero attached hydrogens (tertiary/aromatic N) is 2. The Morgan fingerprint density at radius 3 is 2.39 bits per heavy atom. The van der Waals surface area contributed by atoms with Crippen LogP contribution in [0.15, 0.2) is 43.0 Å². The lowest BCUT2D eigenvalue weighted by atomic mass is 10.0. The van der Waals surface area contributed by atoms with Crippen molar-refractivity contribution in [2.75, 3.05) is 5.32 Å². The highest BCUT2D eigenvalue weighted by Gasteiger charge is 2.32. The Bertz CT molecular complexity index is 508. The topological polar surface area (TPSA) is 37.8 Å². The average Bonchev–Trinajstić information content (AvgIpc) is 3.23. The Morgan fingerprint density at radius 2 is 1.78 bits per heavy atom. The van der Waals surface area contributed by atoms with Crippen molar-refractivity contribution in [3.8, 4) is 0 Å². The van der Waals surface area contributed by atoms with Crippen LogP contribution in [0.1, 0.15) is 24.4 Å². The third-order valence-electron chi connectivity index (χ3n) is 3.21. The third-order valence-corrected chi connectivity index (χ3v) is 3.21. The highest BCUT2D eigenvalue weighted by Crippen LogP contribution is 2.42. The lowest BCUT2D eigenvalue weighted by Crippen LogP contribution is -2.13. The van der Waals surface area contributed by atoms with Crippen LogP contribution in [0.4, 0.5) is 10.1 Å². The van der Waals surface area contributed by atoms with E-state index in [4.69, 9.17) is 0 Å². The van der Waals surface area contributed by atoms with Crippen LogP contribution in [-0.4, -0.2) is 9.97 Å². The highest BCUT2D eigenvalue weighted by molar-refractivity contribution is 5.42.